The Labute approximate surface area is 83.5 Å². The average Bonchev–Trinajstić information content (AvgIpc) is 2.19. The summed E-state index contributed by atoms with van der Waals surface area (Å²) >= 11 is 0. The van der Waals surface area contributed by atoms with Gasteiger partial charge in [0.05, 0.1) is 0 Å². The molecular weight excluding hydrogens is 176 g/mol. The first-order valence-corrected chi connectivity index (χ1v) is 5.20. The average molecular weight is 192 g/mol. The first-order chi connectivity index (χ1) is 6.77. The van der Waals surface area contributed by atoms with Crippen LogP contribution in [0.4, 0.5) is 0 Å². The summed E-state index contributed by atoms with van der Waals surface area (Å²) in [7, 11) is 0. The van der Waals surface area contributed by atoms with Crippen molar-refractivity contribution in [2.24, 2.45) is 0 Å². The smallest absolute Gasteiger partial charge is 0.248 e. The van der Waals surface area contributed by atoms with Crippen LogP contribution in [-0.2, 0) is 0 Å². The van der Waals surface area contributed by atoms with E-state index in [1.807, 2.05) is 13.1 Å². The Morgan fingerprint density at radius 3 is 2.93 bits per heavy atom. The third-order valence-corrected chi connectivity index (χ3v) is 2.86. The monoisotopic (exact) mass is 192 g/mol. The molecule has 0 spiro atoms. The fraction of sp³-hybridized carbons (Fsp3) is 0.545. The van der Waals surface area contributed by atoms with Crippen molar-refractivity contribution in [1.29, 1.82) is 0 Å². The number of rotatable bonds is 1. The van der Waals surface area contributed by atoms with Crippen LogP contribution in [0, 0.1) is 6.92 Å². The highest BCUT2D eigenvalue weighted by atomic mass is 16.1. The van der Waals surface area contributed by atoms with Crippen LogP contribution in [0.1, 0.15) is 36.4 Å². The molecule has 0 saturated carbocycles. The second-order valence-electron chi connectivity index (χ2n) is 3.94. The molecule has 1 aliphatic heterocycles. The van der Waals surface area contributed by atoms with Crippen LogP contribution in [0.5, 0.6) is 0 Å². The molecule has 0 unspecified atom stereocenters. The highest BCUT2D eigenvalue weighted by Gasteiger charge is 2.16. The lowest BCUT2D eigenvalue weighted by Crippen LogP contribution is -2.28. The number of H-pyrrole nitrogens is 1. The molecule has 76 valence electrons. The molecule has 0 amide bonds. The van der Waals surface area contributed by atoms with E-state index in [0.717, 1.165) is 12.1 Å². The third kappa shape index (κ3) is 1.87. The van der Waals surface area contributed by atoms with Crippen molar-refractivity contribution < 1.29 is 0 Å². The van der Waals surface area contributed by atoms with E-state index in [-0.39, 0.29) is 5.56 Å². The van der Waals surface area contributed by atoms with Gasteiger partial charge in [-0.1, -0.05) is 6.42 Å². The van der Waals surface area contributed by atoms with Gasteiger partial charge in [0.25, 0.3) is 0 Å². The van der Waals surface area contributed by atoms with Gasteiger partial charge in [-0.15, -0.1) is 0 Å². The highest BCUT2D eigenvalue weighted by Crippen LogP contribution is 2.23. The topological polar surface area (TPSA) is 44.9 Å². The van der Waals surface area contributed by atoms with Crippen molar-refractivity contribution in [1.82, 2.24) is 10.3 Å². The van der Waals surface area contributed by atoms with Crippen molar-refractivity contribution in [2.75, 3.05) is 6.54 Å². The lowest BCUT2D eigenvalue weighted by atomic mass is 9.96. The molecule has 3 heteroatoms. The van der Waals surface area contributed by atoms with Gasteiger partial charge in [-0.3, -0.25) is 4.79 Å². The molecule has 0 bridgehead atoms. The molecule has 0 aromatic carbocycles. The SMILES string of the molecule is Cc1cc(=O)[nH]cc1[C@@H]1CCCCN1. The molecule has 3 nitrogen and oxygen atoms in total. The van der Waals surface area contributed by atoms with Gasteiger partial charge < -0.3 is 10.3 Å². The number of hydrogen-bond donors (Lipinski definition) is 2. The predicted octanol–water partition coefficient (Wildman–Crippen LogP) is 1.50. The Morgan fingerprint density at radius 1 is 1.43 bits per heavy atom. The molecule has 1 fully saturated rings. The van der Waals surface area contributed by atoms with E-state index >= 15 is 0 Å². The Hall–Kier alpha value is -1.09. The highest BCUT2D eigenvalue weighted by molar-refractivity contribution is 5.25. The van der Waals surface area contributed by atoms with E-state index < -0.39 is 0 Å². The van der Waals surface area contributed by atoms with Gasteiger partial charge in [-0.05, 0) is 37.4 Å². The van der Waals surface area contributed by atoms with Gasteiger partial charge in [0.2, 0.25) is 5.56 Å². The van der Waals surface area contributed by atoms with E-state index in [1.165, 1.54) is 24.8 Å². The third-order valence-electron chi connectivity index (χ3n) is 2.86. The molecule has 0 radical (unpaired) electrons. The molecule has 0 aliphatic carbocycles. The van der Waals surface area contributed by atoms with Crippen LogP contribution in [0.15, 0.2) is 17.1 Å². The molecule has 2 rings (SSSR count). The molecular formula is C11H16N2O. The zero-order chi connectivity index (χ0) is 9.97. The molecule has 1 saturated heterocycles. The molecule has 1 aliphatic rings. The lowest BCUT2D eigenvalue weighted by molar-refractivity contribution is 0.410. The van der Waals surface area contributed by atoms with Crippen molar-refractivity contribution in [2.45, 2.75) is 32.2 Å². The zero-order valence-corrected chi connectivity index (χ0v) is 8.47. The Morgan fingerprint density at radius 2 is 2.29 bits per heavy atom. The van der Waals surface area contributed by atoms with Gasteiger partial charge in [0, 0.05) is 18.3 Å². The van der Waals surface area contributed by atoms with Crippen molar-refractivity contribution in [3.8, 4) is 0 Å². The summed E-state index contributed by atoms with van der Waals surface area (Å²) in [6.45, 7) is 3.09. The second-order valence-corrected chi connectivity index (χ2v) is 3.94. The molecule has 1 aromatic heterocycles. The normalized spacial score (nSPS) is 22.2. The summed E-state index contributed by atoms with van der Waals surface area (Å²) < 4.78 is 0. The van der Waals surface area contributed by atoms with Gasteiger partial charge in [-0.2, -0.15) is 0 Å². The van der Waals surface area contributed by atoms with E-state index in [1.54, 1.807) is 6.07 Å². The summed E-state index contributed by atoms with van der Waals surface area (Å²) in [6, 6.07) is 2.10. The summed E-state index contributed by atoms with van der Waals surface area (Å²) in [5, 5.41) is 3.47. The first kappa shape index (κ1) is 9.46. The van der Waals surface area contributed by atoms with Crippen molar-refractivity contribution in [3.63, 3.8) is 0 Å². The van der Waals surface area contributed by atoms with E-state index in [0.29, 0.717) is 6.04 Å². The van der Waals surface area contributed by atoms with Crippen LogP contribution >= 0.6 is 0 Å². The minimum atomic E-state index is -0.0120. The van der Waals surface area contributed by atoms with Crippen LogP contribution in [-0.4, -0.2) is 11.5 Å². The molecule has 1 aromatic rings. The number of pyridine rings is 1. The maximum absolute atomic E-state index is 11.0. The number of nitrogens with one attached hydrogen (secondary N) is 2. The zero-order valence-electron chi connectivity index (χ0n) is 8.47. The van der Waals surface area contributed by atoms with E-state index in [9.17, 15) is 4.79 Å². The van der Waals surface area contributed by atoms with Gasteiger partial charge >= 0.3 is 0 Å². The minimum Gasteiger partial charge on any atom is -0.329 e. The second kappa shape index (κ2) is 3.96. The summed E-state index contributed by atoms with van der Waals surface area (Å²) in [5.74, 6) is 0. The van der Waals surface area contributed by atoms with Crippen LogP contribution in [0.25, 0.3) is 0 Å². The maximum Gasteiger partial charge on any atom is 0.248 e. The quantitative estimate of drug-likeness (QED) is 0.708. The van der Waals surface area contributed by atoms with E-state index in [4.69, 9.17) is 0 Å². The van der Waals surface area contributed by atoms with Crippen LogP contribution < -0.4 is 10.9 Å². The van der Waals surface area contributed by atoms with E-state index in [2.05, 4.69) is 10.3 Å². The number of aryl methyl sites for hydroxylation is 1. The Bertz CT molecular complexity index is 364. The molecule has 1 atom stereocenters. The fourth-order valence-electron chi connectivity index (χ4n) is 2.08. The number of hydrogen-bond acceptors (Lipinski definition) is 2. The number of aromatic amines is 1. The van der Waals surface area contributed by atoms with Gasteiger partial charge in [0.1, 0.15) is 0 Å². The summed E-state index contributed by atoms with van der Waals surface area (Å²) in [4.78, 5) is 13.8. The summed E-state index contributed by atoms with van der Waals surface area (Å²) in [6.07, 6.45) is 5.56. The van der Waals surface area contributed by atoms with Gasteiger partial charge in [0.15, 0.2) is 0 Å². The van der Waals surface area contributed by atoms with Gasteiger partial charge in [-0.25, -0.2) is 0 Å². The Kier molecular flexibility index (Phi) is 2.68. The van der Waals surface area contributed by atoms with Crippen molar-refractivity contribution in [3.05, 3.63) is 33.7 Å². The predicted molar refractivity (Wildman–Crippen MR) is 56.4 cm³/mol. The largest absolute Gasteiger partial charge is 0.329 e. The number of aromatic nitrogens is 1. The molecule has 14 heavy (non-hydrogen) atoms. The fourth-order valence-corrected chi connectivity index (χ4v) is 2.08. The summed E-state index contributed by atoms with van der Waals surface area (Å²) in [5.41, 5.74) is 2.32. The Balaban J connectivity index is 2.26. The lowest BCUT2D eigenvalue weighted by Gasteiger charge is -2.24. The number of piperidine rings is 1. The molecule has 2 N–H and O–H groups in total. The van der Waals surface area contributed by atoms with Crippen LogP contribution in [0.3, 0.4) is 0 Å². The molecule has 2 heterocycles. The van der Waals surface area contributed by atoms with Crippen LogP contribution in [0.2, 0.25) is 0 Å². The maximum atomic E-state index is 11.0. The van der Waals surface area contributed by atoms with Crippen molar-refractivity contribution >= 4 is 0 Å². The standard InChI is InChI=1S/C11H16N2O/c1-8-6-11(14)13-7-9(8)10-4-2-3-5-12-10/h6-7,10,12H,2-5H2,1H3,(H,13,14)/t10-/m0/s1. The minimum absolute atomic E-state index is 0.0120. The first-order valence-electron chi connectivity index (χ1n) is 5.20.